The van der Waals surface area contributed by atoms with Crippen LogP contribution in [0.5, 0.6) is 0 Å². The molecule has 0 radical (unpaired) electrons. The van der Waals surface area contributed by atoms with Crippen LogP contribution in [-0.2, 0) is 19.5 Å². The molecule has 2 N–H and O–H groups in total. The molecule has 26 heavy (non-hydrogen) atoms. The predicted molar refractivity (Wildman–Crippen MR) is 112 cm³/mol. The van der Waals surface area contributed by atoms with Gasteiger partial charge in [-0.25, -0.2) is 4.98 Å². The van der Waals surface area contributed by atoms with Crippen molar-refractivity contribution in [3.8, 4) is 0 Å². The Bertz CT molecular complexity index is 703. The van der Waals surface area contributed by atoms with Crippen LogP contribution in [0.25, 0.3) is 0 Å². The Morgan fingerprint density at radius 2 is 2.00 bits per heavy atom. The number of aryl methyl sites for hydroxylation is 2. The fourth-order valence-corrected chi connectivity index (χ4v) is 3.54. The zero-order valence-electron chi connectivity index (χ0n) is 16.6. The molecule has 0 aliphatic heterocycles. The number of nitrogens with zero attached hydrogens (tertiary/aromatic N) is 3. The molecule has 1 heterocycles. The van der Waals surface area contributed by atoms with Crippen LogP contribution < -0.4 is 10.6 Å². The van der Waals surface area contributed by atoms with Gasteiger partial charge >= 0.3 is 0 Å². The molecular weight excluding hydrogens is 342 g/mol. The van der Waals surface area contributed by atoms with Crippen molar-refractivity contribution in [1.29, 1.82) is 0 Å². The molecular formula is C20H31N5S. The van der Waals surface area contributed by atoms with Crippen molar-refractivity contribution in [3.05, 3.63) is 51.0 Å². The van der Waals surface area contributed by atoms with Gasteiger partial charge in [-0.3, -0.25) is 4.99 Å². The number of thiazole rings is 1. The summed E-state index contributed by atoms with van der Waals surface area (Å²) in [6.45, 7) is 9.98. The third kappa shape index (κ3) is 6.42. The van der Waals surface area contributed by atoms with Crippen molar-refractivity contribution in [3.63, 3.8) is 0 Å². The smallest absolute Gasteiger partial charge is 0.191 e. The lowest BCUT2D eigenvalue weighted by molar-refractivity contribution is 0.345. The molecule has 0 saturated heterocycles. The van der Waals surface area contributed by atoms with Gasteiger partial charge < -0.3 is 15.5 Å². The summed E-state index contributed by atoms with van der Waals surface area (Å²) in [6, 6.07) is 8.71. The molecule has 1 aromatic heterocycles. The van der Waals surface area contributed by atoms with E-state index in [1.807, 2.05) is 0 Å². The van der Waals surface area contributed by atoms with Crippen LogP contribution >= 0.6 is 11.3 Å². The molecule has 2 rings (SSSR count). The molecule has 6 heteroatoms. The Kier molecular flexibility index (Phi) is 8.06. The van der Waals surface area contributed by atoms with E-state index in [4.69, 9.17) is 0 Å². The lowest BCUT2D eigenvalue weighted by atomic mass is 10.1. The molecule has 0 fully saturated rings. The molecule has 2 aromatic rings. The van der Waals surface area contributed by atoms with Gasteiger partial charge in [-0.1, -0.05) is 31.2 Å². The first kappa shape index (κ1) is 20.4. The monoisotopic (exact) mass is 373 g/mol. The zero-order valence-corrected chi connectivity index (χ0v) is 17.4. The first-order valence-corrected chi connectivity index (χ1v) is 9.97. The highest BCUT2D eigenvalue weighted by molar-refractivity contribution is 7.11. The quantitative estimate of drug-likeness (QED) is 0.551. The predicted octanol–water partition coefficient (Wildman–Crippen LogP) is 3.12. The SMILES string of the molecule is CCN(C)Cc1cccc(CNC(=NC)NCCc2nc(C)c(C)s2)c1. The standard InChI is InChI=1S/C20H31N5S/c1-6-25(5)14-18-9-7-8-17(12-18)13-23-20(21-4)22-11-10-19-24-15(2)16(3)26-19/h7-9,12H,6,10-11,13-14H2,1-5H3,(H2,21,22,23). The number of rotatable bonds is 8. The summed E-state index contributed by atoms with van der Waals surface area (Å²) in [5.41, 5.74) is 3.74. The van der Waals surface area contributed by atoms with Crippen molar-refractivity contribution in [2.24, 2.45) is 4.99 Å². The van der Waals surface area contributed by atoms with Crippen LogP contribution in [0, 0.1) is 13.8 Å². The van der Waals surface area contributed by atoms with Crippen LogP contribution in [-0.4, -0.2) is 43.0 Å². The summed E-state index contributed by atoms with van der Waals surface area (Å²) >= 11 is 1.78. The molecule has 0 saturated carbocycles. The Morgan fingerprint density at radius 3 is 2.65 bits per heavy atom. The summed E-state index contributed by atoms with van der Waals surface area (Å²) in [5, 5.41) is 7.94. The lowest BCUT2D eigenvalue weighted by Crippen LogP contribution is -2.37. The minimum absolute atomic E-state index is 0.763. The number of hydrogen-bond acceptors (Lipinski definition) is 4. The van der Waals surface area contributed by atoms with E-state index >= 15 is 0 Å². The molecule has 0 aliphatic rings. The summed E-state index contributed by atoms with van der Waals surface area (Å²) in [6.07, 6.45) is 0.916. The minimum Gasteiger partial charge on any atom is -0.356 e. The van der Waals surface area contributed by atoms with Crippen molar-refractivity contribution in [1.82, 2.24) is 20.5 Å². The number of nitrogens with one attached hydrogen (secondary N) is 2. The van der Waals surface area contributed by atoms with Gasteiger partial charge in [0.05, 0.1) is 10.7 Å². The second kappa shape index (κ2) is 10.3. The second-order valence-electron chi connectivity index (χ2n) is 6.50. The van der Waals surface area contributed by atoms with Crippen LogP contribution in [0.3, 0.4) is 0 Å². The molecule has 0 atom stereocenters. The number of aromatic nitrogens is 1. The number of benzene rings is 1. The third-order valence-electron chi connectivity index (χ3n) is 4.37. The highest BCUT2D eigenvalue weighted by Crippen LogP contribution is 2.16. The lowest BCUT2D eigenvalue weighted by Gasteiger charge is -2.15. The third-order valence-corrected chi connectivity index (χ3v) is 5.50. The fourth-order valence-electron chi connectivity index (χ4n) is 2.60. The van der Waals surface area contributed by atoms with E-state index in [1.165, 1.54) is 21.0 Å². The maximum atomic E-state index is 4.58. The van der Waals surface area contributed by atoms with E-state index in [0.29, 0.717) is 0 Å². The topological polar surface area (TPSA) is 52.5 Å². The van der Waals surface area contributed by atoms with Crippen molar-refractivity contribution < 1.29 is 0 Å². The average molecular weight is 374 g/mol. The number of aliphatic imine (C=N–C) groups is 1. The van der Waals surface area contributed by atoms with Gasteiger partial charge in [-0.15, -0.1) is 11.3 Å². The van der Waals surface area contributed by atoms with Crippen molar-refractivity contribution in [2.75, 3.05) is 27.2 Å². The van der Waals surface area contributed by atoms with E-state index in [9.17, 15) is 0 Å². The summed E-state index contributed by atoms with van der Waals surface area (Å²) in [5.74, 6) is 0.825. The normalized spacial score (nSPS) is 11.8. The van der Waals surface area contributed by atoms with Gasteiger partial charge in [0.15, 0.2) is 5.96 Å². The van der Waals surface area contributed by atoms with E-state index < -0.39 is 0 Å². The molecule has 0 aliphatic carbocycles. The molecule has 142 valence electrons. The highest BCUT2D eigenvalue weighted by Gasteiger charge is 2.05. The van der Waals surface area contributed by atoms with Crippen LogP contribution in [0.1, 0.15) is 33.6 Å². The molecule has 0 amide bonds. The Labute approximate surface area is 161 Å². The van der Waals surface area contributed by atoms with Gasteiger partial charge in [0.25, 0.3) is 0 Å². The average Bonchev–Trinajstić information content (AvgIpc) is 2.95. The second-order valence-corrected chi connectivity index (χ2v) is 7.79. The van der Waals surface area contributed by atoms with E-state index in [1.54, 1.807) is 18.4 Å². The first-order chi connectivity index (χ1) is 12.5. The molecule has 1 aromatic carbocycles. The zero-order chi connectivity index (χ0) is 18.9. The molecule has 0 unspecified atom stereocenters. The number of guanidine groups is 1. The van der Waals surface area contributed by atoms with Crippen LogP contribution in [0.4, 0.5) is 0 Å². The first-order valence-electron chi connectivity index (χ1n) is 9.15. The summed E-state index contributed by atoms with van der Waals surface area (Å²) in [7, 11) is 3.95. The fraction of sp³-hybridized carbons (Fsp3) is 0.500. The van der Waals surface area contributed by atoms with E-state index in [0.717, 1.165) is 44.3 Å². The van der Waals surface area contributed by atoms with Gasteiger partial charge in [0.2, 0.25) is 0 Å². The van der Waals surface area contributed by atoms with Gasteiger partial charge in [-0.05, 0) is 38.6 Å². The molecule has 0 spiro atoms. The van der Waals surface area contributed by atoms with Crippen molar-refractivity contribution >= 4 is 17.3 Å². The highest BCUT2D eigenvalue weighted by atomic mass is 32.1. The molecule has 0 bridgehead atoms. The Morgan fingerprint density at radius 1 is 1.23 bits per heavy atom. The largest absolute Gasteiger partial charge is 0.356 e. The van der Waals surface area contributed by atoms with Crippen molar-refractivity contribution in [2.45, 2.75) is 40.3 Å². The van der Waals surface area contributed by atoms with Crippen LogP contribution in [0.15, 0.2) is 29.3 Å². The molecule has 5 nitrogen and oxygen atoms in total. The summed E-state index contributed by atoms with van der Waals surface area (Å²) < 4.78 is 0. The van der Waals surface area contributed by atoms with E-state index in [-0.39, 0.29) is 0 Å². The maximum Gasteiger partial charge on any atom is 0.191 e. The number of hydrogen-bond donors (Lipinski definition) is 2. The maximum absolute atomic E-state index is 4.58. The van der Waals surface area contributed by atoms with E-state index in [2.05, 4.69) is 77.6 Å². The van der Waals surface area contributed by atoms with Gasteiger partial charge in [-0.2, -0.15) is 0 Å². The van der Waals surface area contributed by atoms with Crippen LogP contribution in [0.2, 0.25) is 0 Å². The van der Waals surface area contributed by atoms with Gasteiger partial charge in [0, 0.05) is 38.0 Å². The summed E-state index contributed by atoms with van der Waals surface area (Å²) in [4.78, 5) is 12.5. The Hall–Kier alpha value is -1.92. The van der Waals surface area contributed by atoms with Gasteiger partial charge in [0.1, 0.15) is 0 Å². The Balaban J connectivity index is 1.80. The minimum atomic E-state index is 0.763.